The van der Waals surface area contributed by atoms with Gasteiger partial charge in [0.2, 0.25) is 11.8 Å². The Bertz CT molecular complexity index is 345. The molecule has 1 saturated carbocycles. The van der Waals surface area contributed by atoms with Gasteiger partial charge in [0.15, 0.2) is 0 Å². The molecular formula is C14H25N3O2. The van der Waals surface area contributed by atoms with E-state index >= 15 is 0 Å². The summed E-state index contributed by atoms with van der Waals surface area (Å²) in [5.41, 5.74) is 5.93. The number of piperazine rings is 1. The molecule has 0 unspecified atom stereocenters. The summed E-state index contributed by atoms with van der Waals surface area (Å²) in [6.45, 7) is 6.72. The van der Waals surface area contributed by atoms with E-state index in [-0.39, 0.29) is 17.7 Å². The largest absolute Gasteiger partial charge is 0.339 e. The number of nitrogens with two attached hydrogens (primary N) is 1. The van der Waals surface area contributed by atoms with Gasteiger partial charge in [-0.1, -0.05) is 13.8 Å². The molecule has 108 valence electrons. The van der Waals surface area contributed by atoms with E-state index in [2.05, 4.69) is 13.8 Å². The second-order valence-electron chi connectivity index (χ2n) is 6.16. The molecule has 0 aromatic heterocycles. The molecule has 5 nitrogen and oxygen atoms in total. The predicted molar refractivity (Wildman–Crippen MR) is 73.3 cm³/mol. The third-order valence-corrected chi connectivity index (χ3v) is 3.87. The molecule has 0 aromatic rings. The quantitative estimate of drug-likeness (QED) is 0.804. The highest BCUT2D eigenvalue weighted by Gasteiger charge is 2.35. The molecule has 1 aliphatic heterocycles. The molecule has 1 atom stereocenters. The van der Waals surface area contributed by atoms with Crippen LogP contribution in [0.2, 0.25) is 0 Å². The summed E-state index contributed by atoms with van der Waals surface area (Å²) >= 11 is 0. The van der Waals surface area contributed by atoms with Crippen molar-refractivity contribution in [1.29, 1.82) is 0 Å². The number of carbonyl (C=O) groups is 2. The summed E-state index contributed by atoms with van der Waals surface area (Å²) < 4.78 is 0. The van der Waals surface area contributed by atoms with Crippen LogP contribution in [0, 0.1) is 11.8 Å². The Morgan fingerprint density at radius 1 is 1.11 bits per heavy atom. The van der Waals surface area contributed by atoms with Crippen LogP contribution >= 0.6 is 0 Å². The normalized spacial score (nSPS) is 21.7. The van der Waals surface area contributed by atoms with Crippen LogP contribution in [0.4, 0.5) is 0 Å². The van der Waals surface area contributed by atoms with Crippen LogP contribution in [-0.4, -0.2) is 53.8 Å². The summed E-state index contributed by atoms with van der Waals surface area (Å²) in [4.78, 5) is 27.8. The van der Waals surface area contributed by atoms with Crippen LogP contribution < -0.4 is 5.73 Å². The van der Waals surface area contributed by atoms with E-state index in [4.69, 9.17) is 5.73 Å². The first-order valence-corrected chi connectivity index (χ1v) is 7.32. The molecule has 0 aromatic carbocycles. The maximum Gasteiger partial charge on any atom is 0.239 e. The van der Waals surface area contributed by atoms with E-state index in [1.165, 1.54) is 0 Å². The fourth-order valence-electron chi connectivity index (χ4n) is 2.58. The Balaban J connectivity index is 1.78. The van der Waals surface area contributed by atoms with Crippen molar-refractivity contribution < 1.29 is 9.59 Å². The van der Waals surface area contributed by atoms with Gasteiger partial charge in [0.25, 0.3) is 0 Å². The third kappa shape index (κ3) is 3.69. The van der Waals surface area contributed by atoms with Crippen LogP contribution in [0.25, 0.3) is 0 Å². The number of hydrogen-bond donors (Lipinski definition) is 1. The predicted octanol–water partition coefficient (Wildman–Crippen LogP) is 0.441. The molecule has 0 radical (unpaired) electrons. The van der Waals surface area contributed by atoms with Gasteiger partial charge >= 0.3 is 0 Å². The highest BCUT2D eigenvalue weighted by atomic mass is 16.2. The van der Waals surface area contributed by atoms with Crippen molar-refractivity contribution in [2.45, 2.75) is 39.2 Å². The Morgan fingerprint density at radius 2 is 1.63 bits per heavy atom. The molecular weight excluding hydrogens is 242 g/mol. The molecule has 19 heavy (non-hydrogen) atoms. The highest BCUT2D eigenvalue weighted by molar-refractivity contribution is 5.83. The summed E-state index contributed by atoms with van der Waals surface area (Å²) in [6.07, 6.45) is 2.80. The van der Waals surface area contributed by atoms with Gasteiger partial charge in [0.1, 0.15) is 0 Å². The molecule has 0 spiro atoms. The minimum absolute atomic E-state index is 0.0345. The van der Waals surface area contributed by atoms with Crippen molar-refractivity contribution >= 4 is 11.8 Å². The lowest BCUT2D eigenvalue weighted by Crippen LogP contribution is -2.54. The number of carbonyl (C=O) groups excluding carboxylic acids is 2. The number of hydrogen-bond acceptors (Lipinski definition) is 3. The average molecular weight is 267 g/mol. The van der Waals surface area contributed by atoms with Gasteiger partial charge in [-0.15, -0.1) is 0 Å². The zero-order valence-electron chi connectivity index (χ0n) is 12.0. The lowest BCUT2D eigenvalue weighted by atomic mass is 10.0. The van der Waals surface area contributed by atoms with E-state index in [0.29, 0.717) is 32.1 Å². The topological polar surface area (TPSA) is 66.6 Å². The van der Waals surface area contributed by atoms with E-state index in [1.54, 1.807) is 0 Å². The first-order chi connectivity index (χ1) is 8.99. The van der Waals surface area contributed by atoms with Gasteiger partial charge in [-0.25, -0.2) is 0 Å². The molecule has 0 bridgehead atoms. The van der Waals surface area contributed by atoms with Crippen LogP contribution in [0.5, 0.6) is 0 Å². The summed E-state index contributed by atoms with van der Waals surface area (Å²) in [5.74, 6) is 1.01. The van der Waals surface area contributed by atoms with E-state index in [1.807, 2.05) is 9.80 Å². The minimum atomic E-state index is -0.398. The fourth-order valence-corrected chi connectivity index (χ4v) is 2.58. The summed E-state index contributed by atoms with van der Waals surface area (Å²) in [5, 5.41) is 0. The van der Waals surface area contributed by atoms with E-state index < -0.39 is 6.04 Å². The molecule has 2 fully saturated rings. The summed E-state index contributed by atoms with van der Waals surface area (Å²) in [7, 11) is 0. The molecule has 2 amide bonds. The van der Waals surface area contributed by atoms with Gasteiger partial charge in [0, 0.05) is 32.1 Å². The SMILES string of the molecule is CC(C)C[C@H](N)C(=O)N1CCN(C(=O)C2CC2)CC1. The average Bonchev–Trinajstić information content (AvgIpc) is 3.20. The Labute approximate surface area is 115 Å². The van der Waals surface area contributed by atoms with Gasteiger partial charge < -0.3 is 15.5 Å². The number of rotatable bonds is 4. The first-order valence-electron chi connectivity index (χ1n) is 7.32. The maximum absolute atomic E-state index is 12.2. The standard InChI is InChI=1S/C14H25N3O2/c1-10(2)9-12(15)14(19)17-7-5-16(6-8-17)13(18)11-3-4-11/h10-12H,3-9,15H2,1-2H3/t12-/m0/s1. The van der Waals surface area contributed by atoms with Gasteiger partial charge in [-0.05, 0) is 25.2 Å². The molecule has 1 saturated heterocycles. The molecule has 1 aliphatic carbocycles. The Hall–Kier alpha value is -1.10. The van der Waals surface area contributed by atoms with Crippen LogP contribution in [0.1, 0.15) is 33.1 Å². The van der Waals surface area contributed by atoms with Crippen molar-refractivity contribution in [3.8, 4) is 0 Å². The monoisotopic (exact) mass is 267 g/mol. The summed E-state index contributed by atoms with van der Waals surface area (Å²) in [6, 6.07) is -0.398. The van der Waals surface area contributed by atoms with Crippen molar-refractivity contribution in [2.75, 3.05) is 26.2 Å². The molecule has 2 rings (SSSR count). The smallest absolute Gasteiger partial charge is 0.239 e. The van der Waals surface area contributed by atoms with E-state index in [0.717, 1.165) is 19.3 Å². The zero-order valence-corrected chi connectivity index (χ0v) is 12.0. The van der Waals surface area contributed by atoms with Crippen LogP contribution in [0.15, 0.2) is 0 Å². The molecule has 2 N–H and O–H groups in total. The molecule has 2 aliphatic rings. The fraction of sp³-hybridized carbons (Fsp3) is 0.857. The lowest BCUT2D eigenvalue weighted by molar-refractivity contribution is -0.141. The number of amides is 2. The van der Waals surface area contributed by atoms with Gasteiger partial charge in [-0.2, -0.15) is 0 Å². The van der Waals surface area contributed by atoms with Crippen LogP contribution in [0.3, 0.4) is 0 Å². The second-order valence-corrected chi connectivity index (χ2v) is 6.16. The lowest BCUT2D eigenvalue weighted by Gasteiger charge is -2.36. The van der Waals surface area contributed by atoms with Crippen molar-refractivity contribution in [2.24, 2.45) is 17.6 Å². The minimum Gasteiger partial charge on any atom is -0.339 e. The Kier molecular flexibility index (Phi) is 4.45. The van der Waals surface area contributed by atoms with Gasteiger partial charge in [0.05, 0.1) is 6.04 Å². The van der Waals surface area contributed by atoms with E-state index in [9.17, 15) is 9.59 Å². The van der Waals surface area contributed by atoms with Crippen molar-refractivity contribution in [1.82, 2.24) is 9.80 Å². The highest BCUT2D eigenvalue weighted by Crippen LogP contribution is 2.31. The third-order valence-electron chi connectivity index (χ3n) is 3.87. The Morgan fingerprint density at radius 3 is 2.11 bits per heavy atom. The molecule has 5 heteroatoms. The van der Waals surface area contributed by atoms with Crippen molar-refractivity contribution in [3.63, 3.8) is 0 Å². The zero-order chi connectivity index (χ0) is 14.0. The van der Waals surface area contributed by atoms with Crippen LogP contribution in [-0.2, 0) is 9.59 Å². The first kappa shape index (κ1) is 14.3. The molecule has 1 heterocycles. The van der Waals surface area contributed by atoms with Crippen molar-refractivity contribution in [3.05, 3.63) is 0 Å². The number of nitrogens with zero attached hydrogens (tertiary/aromatic N) is 2. The van der Waals surface area contributed by atoms with Gasteiger partial charge in [-0.3, -0.25) is 9.59 Å². The maximum atomic E-state index is 12.2. The second kappa shape index (κ2) is 5.90.